The van der Waals surface area contributed by atoms with Crippen molar-refractivity contribution in [2.75, 3.05) is 4.72 Å². The van der Waals surface area contributed by atoms with Crippen LogP contribution in [0.1, 0.15) is 10.6 Å². The number of nitrogens with one attached hydrogen (secondary N) is 1. The zero-order chi connectivity index (χ0) is 14.0. The topological polar surface area (TPSA) is 96.6 Å². The van der Waals surface area contributed by atoms with Crippen molar-refractivity contribution < 1.29 is 27.1 Å². The number of rotatable bonds is 4. The van der Waals surface area contributed by atoms with Crippen molar-refractivity contribution in [3.05, 3.63) is 48.0 Å². The lowest BCUT2D eigenvalue weighted by Gasteiger charge is -2.04. The summed E-state index contributed by atoms with van der Waals surface area (Å²) in [6.07, 6.45) is 0. The fourth-order valence-electron chi connectivity index (χ4n) is 1.30. The Bertz CT molecular complexity index is 705. The smallest absolute Gasteiger partial charge is 0.371 e. The van der Waals surface area contributed by atoms with E-state index in [-0.39, 0.29) is 5.69 Å². The molecule has 0 unspecified atom stereocenters. The summed E-state index contributed by atoms with van der Waals surface area (Å²) in [4.78, 5) is 10.6. The highest BCUT2D eigenvalue weighted by atomic mass is 32.2. The Labute approximate surface area is 107 Å². The number of carbonyl (C=O) groups is 1. The zero-order valence-corrected chi connectivity index (χ0v) is 10.1. The fourth-order valence-corrected chi connectivity index (χ4v) is 2.30. The standard InChI is InChI=1S/C11H8FNO5S/c12-7-1-3-8(4-2-7)13-19(16,17)10-6-5-9(18-10)11(14)15/h1-6,13H,(H,14,15). The van der Waals surface area contributed by atoms with Crippen LogP contribution in [0.15, 0.2) is 45.9 Å². The third kappa shape index (κ3) is 2.91. The molecule has 0 radical (unpaired) electrons. The number of benzene rings is 1. The highest BCUT2D eigenvalue weighted by Gasteiger charge is 2.21. The van der Waals surface area contributed by atoms with Crippen LogP contribution in [0.3, 0.4) is 0 Å². The number of hydrogen-bond donors (Lipinski definition) is 2. The molecule has 1 aromatic carbocycles. The molecule has 0 aliphatic heterocycles. The molecule has 2 rings (SSSR count). The van der Waals surface area contributed by atoms with Crippen molar-refractivity contribution >= 4 is 21.7 Å². The van der Waals surface area contributed by atoms with E-state index in [2.05, 4.69) is 9.14 Å². The van der Waals surface area contributed by atoms with Gasteiger partial charge in [0.15, 0.2) is 0 Å². The number of anilines is 1. The van der Waals surface area contributed by atoms with Gasteiger partial charge in [0.25, 0.3) is 10.0 Å². The molecule has 2 aromatic rings. The van der Waals surface area contributed by atoms with Gasteiger partial charge >= 0.3 is 5.97 Å². The molecule has 0 atom stereocenters. The van der Waals surface area contributed by atoms with Gasteiger partial charge in [0.2, 0.25) is 10.9 Å². The molecular formula is C11H8FNO5S. The second-order valence-corrected chi connectivity index (χ2v) is 5.15. The molecule has 0 spiro atoms. The lowest BCUT2D eigenvalue weighted by molar-refractivity contribution is 0.0656. The molecule has 19 heavy (non-hydrogen) atoms. The molecule has 0 aliphatic rings. The first-order valence-electron chi connectivity index (χ1n) is 5.00. The molecule has 0 aliphatic carbocycles. The molecule has 0 saturated carbocycles. The Morgan fingerprint density at radius 1 is 1.16 bits per heavy atom. The van der Waals surface area contributed by atoms with Crippen LogP contribution in [0, 0.1) is 5.82 Å². The van der Waals surface area contributed by atoms with Crippen LogP contribution >= 0.6 is 0 Å². The number of hydrogen-bond acceptors (Lipinski definition) is 4. The van der Waals surface area contributed by atoms with E-state index >= 15 is 0 Å². The van der Waals surface area contributed by atoms with Crippen LogP contribution < -0.4 is 4.72 Å². The van der Waals surface area contributed by atoms with E-state index in [1.165, 1.54) is 12.1 Å². The third-order valence-electron chi connectivity index (χ3n) is 2.15. The second kappa shape index (κ2) is 4.73. The maximum absolute atomic E-state index is 12.7. The van der Waals surface area contributed by atoms with Crippen molar-refractivity contribution in [2.24, 2.45) is 0 Å². The molecule has 2 N–H and O–H groups in total. The summed E-state index contributed by atoms with van der Waals surface area (Å²) in [6.45, 7) is 0. The number of furan rings is 1. The van der Waals surface area contributed by atoms with Crippen LogP contribution in [0.5, 0.6) is 0 Å². The lowest BCUT2D eigenvalue weighted by atomic mass is 10.3. The van der Waals surface area contributed by atoms with E-state index in [0.717, 1.165) is 24.3 Å². The number of sulfonamides is 1. The lowest BCUT2D eigenvalue weighted by Crippen LogP contribution is -2.12. The van der Waals surface area contributed by atoms with Crippen LogP contribution in [0.4, 0.5) is 10.1 Å². The molecule has 0 saturated heterocycles. The predicted octanol–water partition coefficient (Wildman–Crippen LogP) is 1.92. The van der Waals surface area contributed by atoms with Gasteiger partial charge in [0.05, 0.1) is 0 Å². The highest BCUT2D eigenvalue weighted by molar-refractivity contribution is 7.92. The second-order valence-electron chi connectivity index (χ2n) is 3.54. The highest BCUT2D eigenvalue weighted by Crippen LogP contribution is 2.18. The minimum absolute atomic E-state index is 0.134. The number of halogens is 1. The van der Waals surface area contributed by atoms with Gasteiger partial charge in [-0.25, -0.2) is 9.18 Å². The Morgan fingerprint density at radius 2 is 1.79 bits per heavy atom. The Kier molecular flexibility index (Phi) is 3.26. The van der Waals surface area contributed by atoms with Gasteiger partial charge in [-0.3, -0.25) is 4.72 Å². The van der Waals surface area contributed by atoms with E-state index in [1.807, 2.05) is 0 Å². The van der Waals surface area contributed by atoms with E-state index in [0.29, 0.717) is 0 Å². The molecule has 1 aromatic heterocycles. The van der Waals surface area contributed by atoms with Gasteiger partial charge in [-0.05, 0) is 36.4 Å². The summed E-state index contributed by atoms with van der Waals surface area (Å²) in [5.41, 5.74) is 0.134. The number of carboxylic acids is 1. The average Bonchev–Trinajstić information content (AvgIpc) is 2.82. The van der Waals surface area contributed by atoms with Gasteiger partial charge in [0, 0.05) is 5.69 Å². The van der Waals surface area contributed by atoms with Crippen molar-refractivity contribution in [1.29, 1.82) is 0 Å². The first-order valence-corrected chi connectivity index (χ1v) is 6.48. The van der Waals surface area contributed by atoms with Crippen LogP contribution in [-0.4, -0.2) is 19.5 Å². The summed E-state index contributed by atoms with van der Waals surface area (Å²) < 4.78 is 43.2. The van der Waals surface area contributed by atoms with Crippen molar-refractivity contribution in [3.8, 4) is 0 Å². The molecule has 0 fully saturated rings. The van der Waals surface area contributed by atoms with Gasteiger partial charge in [-0.15, -0.1) is 0 Å². The van der Waals surface area contributed by atoms with Crippen molar-refractivity contribution in [3.63, 3.8) is 0 Å². The monoisotopic (exact) mass is 285 g/mol. The normalized spacial score (nSPS) is 11.2. The van der Waals surface area contributed by atoms with Crippen LogP contribution in [0.2, 0.25) is 0 Å². The Balaban J connectivity index is 2.26. The van der Waals surface area contributed by atoms with E-state index in [1.54, 1.807) is 0 Å². The fraction of sp³-hybridized carbons (Fsp3) is 0. The average molecular weight is 285 g/mol. The summed E-state index contributed by atoms with van der Waals surface area (Å²) in [6, 6.07) is 6.68. The minimum Gasteiger partial charge on any atom is -0.475 e. The van der Waals surface area contributed by atoms with Crippen molar-refractivity contribution in [2.45, 2.75) is 5.09 Å². The number of aromatic carboxylic acids is 1. The molecule has 0 amide bonds. The third-order valence-corrected chi connectivity index (χ3v) is 3.41. The van der Waals surface area contributed by atoms with Gasteiger partial charge < -0.3 is 9.52 Å². The van der Waals surface area contributed by atoms with Crippen LogP contribution in [0.25, 0.3) is 0 Å². The first kappa shape index (κ1) is 13.1. The minimum atomic E-state index is -4.04. The summed E-state index contributed by atoms with van der Waals surface area (Å²) >= 11 is 0. The van der Waals surface area contributed by atoms with E-state index in [9.17, 15) is 17.6 Å². The molecular weight excluding hydrogens is 277 g/mol. The predicted molar refractivity (Wildman–Crippen MR) is 62.9 cm³/mol. The molecule has 1 heterocycles. The maximum Gasteiger partial charge on any atom is 0.371 e. The quantitative estimate of drug-likeness (QED) is 0.894. The summed E-state index contributed by atoms with van der Waals surface area (Å²) in [5.74, 6) is -2.36. The van der Waals surface area contributed by atoms with Gasteiger partial charge in [-0.2, -0.15) is 8.42 Å². The SMILES string of the molecule is O=C(O)c1ccc(S(=O)(=O)Nc2ccc(F)cc2)o1. The molecule has 6 nitrogen and oxygen atoms in total. The van der Waals surface area contributed by atoms with E-state index in [4.69, 9.17) is 5.11 Å². The molecule has 0 bridgehead atoms. The zero-order valence-electron chi connectivity index (χ0n) is 9.33. The van der Waals surface area contributed by atoms with E-state index < -0.39 is 32.7 Å². The molecule has 8 heteroatoms. The maximum atomic E-state index is 12.7. The first-order chi connectivity index (χ1) is 8.88. The molecule has 100 valence electrons. The Hall–Kier alpha value is -2.35. The van der Waals surface area contributed by atoms with Crippen LogP contribution in [-0.2, 0) is 10.0 Å². The summed E-state index contributed by atoms with van der Waals surface area (Å²) in [5, 5.41) is 8.10. The van der Waals surface area contributed by atoms with Gasteiger partial charge in [-0.1, -0.05) is 0 Å². The summed E-state index contributed by atoms with van der Waals surface area (Å²) in [7, 11) is -4.04. The Morgan fingerprint density at radius 3 is 2.32 bits per heavy atom. The number of carboxylic acid groups (broad SMARTS) is 1. The van der Waals surface area contributed by atoms with Crippen molar-refractivity contribution in [1.82, 2.24) is 0 Å². The largest absolute Gasteiger partial charge is 0.475 e. The van der Waals surface area contributed by atoms with Gasteiger partial charge in [0.1, 0.15) is 5.82 Å².